The van der Waals surface area contributed by atoms with Crippen molar-refractivity contribution in [2.45, 2.75) is 190 Å². The average molecular weight is 950 g/mol. The van der Waals surface area contributed by atoms with Gasteiger partial charge in [-0.2, -0.15) is 0 Å². The molecule has 68 heavy (non-hydrogen) atoms. The third-order valence-corrected chi connectivity index (χ3v) is 16.0. The number of nitrogens with zero attached hydrogens (tertiary/aromatic N) is 2. The molecular weight excluding hydrogens is 874 g/mol. The maximum atomic E-state index is 14.5. The van der Waals surface area contributed by atoms with Crippen LogP contribution in [0.2, 0.25) is 0 Å². The molecule has 8 aliphatic rings. The van der Waals surface area contributed by atoms with E-state index in [1.165, 1.54) is 6.92 Å². The Hall–Kier alpha value is -4.13. The van der Waals surface area contributed by atoms with Crippen molar-refractivity contribution in [1.82, 2.24) is 36.6 Å². The molecule has 3 heterocycles. The number of carboxylic acid groups (broad SMARTS) is 1. The van der Waals surface area contributed by atoms with Gasteiger partial charge in [0.25, 0.3) is 0 Å². The second kappa shape index (κ2) is 23.2. The van der Waals surface area contributed by atoms with E-state index in [2.05, 4.69) is 55.4 Å². The maximum Gasteiger partial charge on any atom is 0.303 e. The highest BCUT2D eigenvalue weighted by atomic mass is 19.2. The number of aliphatic hydroxyl groups excluding tert-OH is 2. The van der Waals surface area contributed by atoms with Gasteiger partial charge in [0.1, 0.15) is 24.5 Å². The Morgan fingerprint density at radius 2 is 1.60 bits per heavy atom. The molecule has 5 aliphatic carbocycles. The van der Waals surface area contributed by atoms with Crippen molar-refractivity contribution in [3.63, 3.8) is 0 Å². The molecule has 0 aromatic carbocycles. The Labute approximate surface area is 400 Å². The highest BCUT2D eigenvalue weighted by Crippen LogP contribution is 2.43. The van der Waals surface area contributed by atoms with Gasteiger partial charge in [0.05, 0.1) is 25.4 Å². The van der Waals surface area contributed by atoms with Gasteiger partial charge in [-0.1, -0.05) is 30.4 Å². The number of nitrogens with one attached hydrogen (secondary N) is 5. The zero-order chi connectivity index (χ0) is 47.9. The van der Waals surface area contributed by atoms with Crippen LogP contribution in [0.3, 0.4) is 0 Å². The largest absolute Gasteiger partial charge is 0.481 e. The second-order valence-electron chi connectivity index (χ2n) is 20.8. The molecule has 16 nitrogen and oxygen atoms in total. The fraction of sp³-hybridized carbons (Fsp3) is 0.725. The number of carbonyl (C=O) groups excluding carboxylic acids is 3. The van der Waals surface area contributed by atoms with E-state index in [9.17, 15) is 33.9 Å². The monoisotopic (exact) mass is 950 g/mol. The number of amides is 3. The summed E-state index contributed by atoms with van der Waals surface area (Å²) in [5.41, 5.74) is 6.17. The number of aliphatic hydroxyl groups is 2. The topological polar surface area (TPSA) is 214 Å². The summed E-state index contributed by atoms with van der Waals surface area (Å²) in [5.74, 6) is -1.23. The Balaban J connectivity index is 0.876. The summed E-state index contributed by atoms with van der Waals surface area (Å²) >= 11 is 0. The van der Waals surface area contributed by atoms with E-state index < -0.39 is 36.4 Å². The summed E-state index contributed by atoms with van der Waals surface area (Å²) in [6.07, 6.45) is 21.4. The second-order valence-corrected chi connectivity index (χ2v) is 20.8. The van der Waals surface area contributed by atoms with Crippen LogP contribution in [0.4, 0.5) is 4.48 Å². The fourth-order valence-corrected chi connectivity index (χ4v) is 12.4. The van der Waals surface area contributed by atoms with Crippen LogP contribution in [0, 0.1) is 17.8 Å². The number of carboxylic acids is 1. The number of rotatable bonds is 19. The maximum absolute atomic E-state index is 14.5. The number of aliphatic carboxylic acids is 1. The van der Waals surface area contributed by atoms with Crippen molar-refractivity contribution in [3.05, 3.63) is 58.5 Å². The van der Waals surface area contributed by atoms with Crippen molar-refractivity contribution in [1.29, 1.82) is 0 Å². The van der Waals surface area contributed by atoms with E-state index in [4.69, 9.17) is 14.6 Å². The van der Waals surface area contributed by atoms with E-state index in [0.717, 1.165) is 81.3 Å². The predicted molar refractivity (Wildman–Crippen MR) is 252 cm³/mol. The molecule has 3 aliphatic heterocycles. The molecule has 376 valence electrons. The van der Waals surface area contributed by atoms with Crippen molar-refractivity contribution in [2.75, 3.05) is 26.3 Å². The van der Waals surface area contributed by atoms with Gasteiger partial charge in [0, 0.05) is 74.3 Å². The smallest absolute Gasteiger partial charge is 0.303 e. The third kappa shape index (κ3) is 12.2. The molecule has 2 fully saturated rings. The minimum absolute atomic E-state index is 0.0286. The molecule has 0 spiro atoms. The van der Waals surface area contributed by atoms with Crippen LogP contribution in [0.5, 0.6) is 0 Å². The third-order valence-electron chi connectivity index (χ3n) is 16.0. The van der Waals surface area contributed by atoms with Crippen molar-refractivity contribution in [3.8, 4) is 0 Å². The summed E-state index contributed by atoms with van der Waals surface area (Å²) < 4.78 is 27.7. The van der Waals surface area contributed by atoms with Gasteiger partial charge in [-0.15, -0.1) is 4.48 Å². The Morgan fingerprint density at radius 3 is 2.40 bits per heavy atom. The first-order valence-corrected chi connectivity index (χ1v) is 25.7. The number of fused-ring (bicyclic) bond motifs is 4. The summed E-state index contributed by atoms with van der Waals surface area (Å²) in [5, 5.41) is 44.3. The van der Waals surface area contributed by atoms with E-state index in [0.29, 0.717) is 87.1 Å². The first kappa shape index (κ1) is 50.3. The molecule has 6 unspecified atom stereocenters. The van der Waals surface area contributed by atoms with Crippen molar-refractivity contribution >= 4 is 23.7 Å². The summed E-state index contributed by atoms with van der Waals surface area (Å²) in [7, 11) is 0. The summed E-state index contributed by atoms with van der Waals surface area (Å²) in [6.45, 7) is 5.46. The Kier molecular flexibility index (Phi) is 17.1. The van der Waals surface area contributed by atoms with E-state index in [1.807, 2.05) is 11.6 Å². The molecule has 0 aromatic rings. The van der Waals surface area contributed by atoms with Gasteiger partial charge in [-0.3, -0.25) is 29.0 Å². The first-order chi connectivity index (χ1) is 32.8. The van der Waals surface area contributed by atoms with Gasteiger partial charge < -0.3 is 46.1 Å². The lowest BCUT2D eigenvalue weighted by Crippen LogP contribution is -2.53. The van der Waals surface area contributed by atoms with Crippen molar-refractivity contribution in [2.24, 2.45) is 17.8 Å². The van der Waals surface area contributed by atoms with Gasteiger partial charge in [0.15, 0.2) is 0 Å². The predicted octanol–water partition coefficient (Wildman–Crippen LogP) is 4.27. The van der Waals surface area contributed by atoms with E-state index in [-0.39, 0.29) is 67.5 Å². The van der Waals surface area contributed by atoms with Gasteiger partial charge >= 0.3 is 5.97 Å². The molecule has 0 radical (unpaired) electrons. The molecule has 2 saturated heterocycles. The Morgan fingerprint density at radius 1 is 0.868 bits per heavy atom. The number of likely N-dealkylation sites (tertiary alicyclic amines) is 1. The van der Waals surface area contributed by atoms with Crippen LogP contribution >= 0.6 is 0 Å². The van der Waals surface area contributed by atoms with Gasteiger partial charge in [-0.05, 0) is 138 Å². The lowest BCUT2D eigenvalue weighted by Gasteiger charge is -2.37. The first-order valence-electron chi connectivity index (χ1n) is 25.7. The quantitative estimate of drug-likeness (QED) is 0.0517. The summed E-state index contributed by atoms with van der Waals surface area (Å²) in [4.78, 5) is 54.4. The van der Waals surface area contributed by atoms with Crippen LogP contribution in [0.15, 0.2) is 58.5 Å². The number of ether oxygens (including phenoxy) is 2. The molecular formula is C51H76FN7O9. The standard InChI is InChI=1S/C51H76FN7O9/c1-30(54-46(60)13-7-8-14-47(61)62)48(63)55-31(2)49(64)56-36-22-32(28-67-38-15-17-40-42(25-38)53-27-37-24-35-10-4-6-12-45(35)59(37)51(40)66)21-33(23-36)29-68-39-16-18-41(43(26-39)57-52)50(65)58-20-19-34-9-3-5-11-44(34)58/h3-4,9-10,23,30-32,34-39,44-45,50-51,53,57,65-66H,5-8,11-22,24-29H2,1-2H3,(H,54,60)(H,55,63)(H,56,64)(H,61,62)/t30-,31-,32+,34?,35?,36+,37-,38-,39+,44?,45?,50?,51?/m0/s1. The highest BCUT2D eigenvalue weighted by molar-refractivity contribution is 5.91. The summed E-state index contributed by atoms with van der Waals surface area (Å²) in [6, 6.07) is -1.26. The lowest BCUT2D eigenvalue weighted by molar-refractivity contribution is -0.137. The lowest BCUT2D eigenvalue weighted by atomic mass is 9.86. The molecule has 0 aromatic heterocycles. The number of allylic oxidation sites excluding steroid dienone is 2. The number of hydrogen-bond donors (Lipinski definition) is 8. The van der Waals surface area contributed by atoms with Crippen LogP contribution < -0.4 is 26.8 Å². The molecule has 8 N–H and O–H groups in total. The zero-order valence-corrected chi connectivity index (χ0v) is 40.0. The van der Waals surface area contributed by atoms with Crippen LogP contribution in [-0.2, 0) is 28.7 Å². The normalized spacial score (nSPS) is 32.9. The van der Waals surface area contributed by atoms with E-state index >= 15 is 0 Å². The molecule has 3 amide bonds. The molecule has 0 bridgehead atoms. The molecule has 8 rings (SSSR count). The Bertz CT molecular complexity index is 1990. The van der Waals surface area contributed by atoms with E-state index in [1.54, 1.807) is 6.92 Å². The minimum Gasteiger partial charge on any atom is -0.481 e. The molecule has 13 atom stereocenters. The van der Waals surface area contributed by atoms with Crippen LogP contribution in [0.25, 0.3) is 0 Å². The number of hydrogen-bond acceptors (Lipinski definition) is 12. The van der Waals surface area contributed by atoms with Crippen LogP contribution in [0.1, 0.15) is 129 Å². The number of halogens is 1. The zero-order valence-electron chi connectivity index (χ0n) is 40.0. The van der Waals surface area contributed by atoms with Crippen molar-refractivity contribution < 1.29 is 48.5 Å². The van der Waals surface area contributed by atoms with Gasteiger partial charge in [0.2, 0.25) is 17.7 Å². The molecule has 0 saturated carbocycles. The molecule has 17 heteroatoms. The number of unbranched alkanes of at least 4 members (excludes halogenated alkanes) is 1. The van der Waals surface area contributed by atoms with Gasteiger partial charge in [-0.25, -0.2) is 5.54 Å². The fourth-order valence-electron chi connectivity index (χ4n) is 12.4. The van der Waals surface area contributed by atoms with Crippen LogP contribution in [-0.4, -0.2) is 136 Å². The average Bonchev–Trinajstić information content (AvgIpc) is 3.91. The SMILES string of the molecule is C[C@H](NC(=O)CCCCC(=O)O)C(=O)N[C@@H](C)C(=O)N[C@H]1C=C(CO[C@@H]2CCC(C(O)N3CCC4C=CCCC43)=C(NF)C2)C[C@@H](CO[C@H]2CCC3=C(C2)NC[C@@H]2CC4C=CCCC4N2C3O)C1. The minimum atomic E-state index is -0.926. The highest BCUT2D eigenvalue weighted by Gasteiger charge is 2.47. The number of carbonyl (C=O) groups is 4.